The van der Waals surface area contributed by atoms with Crippen molar-refractivity contribution in [3.8, 4) is 11.3 Å². The second kappa shape index (κ2) is 7.72. The first-order valence-electron chi connectivity index (χ1n) is 10.3. The van der Waals surface area contributed by atoms with E-state index in [1.54, 1.807) is 6.20 Å². The number of aromatic amines is 1. The van der Waals surface area contributed by atoms with Gasteiger partial charge < -0.3 is 10.0 Å². The van der Waals surface area contributed by atoms with Crippen LogP contribution in [0.1, 0.15) is 24.1 Å². The van der Waals surface area contributed by atoms with Gasteiger partial charge in [-0.15, -0.1) is 0 Å². The van der Waals surface area contributed by atoms with Crippen LogP contribution in [0.5, 0.6) is 0 Å². The monoisotopic (exact) mass is 438 g/mol. The summed E-state index contributed by atoms with van der Waals surface area (Å²) in [5.74, 6) is 0.177. The van der Waals surface area contributed by atoms with Crippen LogP contribution in [0.2, 0.25) is 0 Å². The summed E-state index contributed by atoms with van der Waals surface area (Å²) in [5.41, 5.74) is 3.65. The zero-order valence-electron chi connectivity index (χ0n) is 17.6. The van der Waals surface area contributed by atoms with Gasteiger partial charge in [-0.3, -0.25) is 5.10 Å². The van der Waals surface area contributed by atoms with Gasteiger partial charge in [-0.25, -0.2) is 19.3 Å². The van der Waals surface area contributed by atoms with E-state index in [9.17, 15) is 5.11 Å². The van der Waals surface area contributed by atoms with Gasteiger partial charge in [0, 0.05) is 24.0 Å². The molecule has 9 heteroatoms. The van der Waals surface area contributed by atoms with Crippen LogP contribution in [0.25, 0.3) is 33.1 Å². The quantitative estimate of drug-likeness (QED) is 0.369. The number of aliphatic hydroxyl groups excluding tert-OH is 1. The Kier molecular flexibility index (Phi) is 5.02. The minimum absolute atomic E-state index is 0.261. The van der Waals surface area contributed by atoms with Gasteiger partial charge in [-0.2, -0.15) is 5.10 Å². The molecule has 0 aliphatic carbocycles. The predicted octanol–water partition coefficient (Wildman–Crippen LogP) is 4.01. The molecule has 4 heterocycles. The highest BCUT2D eigenvalue weighted by Crippen LogP contribution is 2.38. The normalized spacial score (nSPS) is 17.1. The first kappa shape index (κ1) is 20.1. The molecule has 31 heavy (non-hydrogen) atoms. The topological polar surface area (TPSA) is 90.8 Å². The number of aryl methyl sites for hydroxylation is 2. The van der Waals surface area contributed by atoms with Crippen molar-refractivity contribution in [3.63, 3.8) is 0 Å². The van der Waals surface area contributed by atoms with Crippen LogP contribution in [0.3, 0.4) is 0 Å². The standard InChI is InChI=1S/C22H23FN6OS/c1-11-6-7-15-14(9-24-28-15)16(11)19-18(23)20-17(12(2)25-19)21(27-22(26-20)31-3)29-8-4-5-13(30)10-29/h6-7,9,13,30H,4-5,8,10H2,1-3H3,(H,24,28)/t13-/m1/s1. The van der Waals surface area contributed by atoms with Crippen molar-refractivity contribution < 1.29 is 9.50 Å². The number of benzene rings is 1. The predicted molar refractivity (Wildman–Crippen MR) is 121 cm³/mol. The number of hydrogen-bond acceptors (Lipinski definition) is 7. The number of aliphatic hydroxyl groups is 1. The lowest BCUT2D eigenvalue weighted by molar-refractivity contribution is 0.154. The molecular formula is C22H23FN6OS. The third-order valence-corrected chi connectivity index (χ3v) is 6.42. The molecule has 1 fully saturated rings. The zero-order valence-corrected chi connectivity index (χ0v) is 18.4. The van der Waals surface area contributed by atoms with Crippen LogP contribution in [0.15, 0.2) is 23.5 Å². The van der Waals surface area contributed by atoms with E-state index in [1.807, 2.05) is 37.1 Å². The smallest absolute Gasteiger partial charge is 0.189 e. The third kappa shape index (κ3) is 3.32. The van der Waals surface area contributed by atoms with E-state index in [1.165, 1.54) is 11.8 Å². The van der Waals surface area contributed by atoms with Crippen molar-refractivity contribution in [2.24, 2.45) is 0 Å². The number of thioether (sulfide) groups is 1. The second-order valence-electron chi connectivity index (χ2n) is 7.95. The van der Waals surface area contributed by atoms with Crippen LogP contribution in [0, 0.1) is 19.7 Å². The van der Waals surface area contributed by atoms with Gasteiger partial charge >= 0.3 is 0 Å². The van der Waals surface area contributed by atoms with Crippen molar-refractivity contribution >= 4 is 39.4 Å². The van der Waals surface area contributed by atoms with Gasteiger partial charge in [-0.05, 0) is 44.6 Å². The van der Waals surface area contributed by atoms with Crippen LogP contribution in [0.4, 0.5) is 10.2 Å². The summed E-state index contributed by atoms with van der Waals surface area (Å²) in [4.78, 5) is 15.9. The Labute approximate surface area is 183 Å². The Morgan fingerprint density at radius 2 is 2.06 bits per heavy atom. The van der Waals surface area contributed by atoms with Crippen molar-refractivity contribution in [3.05, 3.63) is 35.4 Å². The Hall–Kier alpha value is -2.78. The molecule has 1 aromatic carbocycles. The highest BCUT2D eigenvalue weighted by Gasteiger charge is 2.26. The van der Waals surface area contributed by atoms with E-state index >= 15 is 4.39 Å². The van der Waals surface area contributed by atoms with Gasteiger partial charge in [-0.1, -0.05) is 17.8 Å². The second-order valence-corrected chi connectivity index (χ2v) is 8.72. The maximum absolute atomic E-state index is 16.0. The summed E-state index contributed by atoms with van der Waals surface area (Å²) < 4.78 is 16.0. The molecule has 4 aromatic rings. The first-order valence-corrected chi connectivity index (χ1v) is 11.5. The maximum atomic E-state index is 16.0. The van der Waals surface area contributed by atoms with E-state index in [4.69, 9.17) is 4.98 Å². The number of nitrogens with zero attached hydrogens (tertiary/aromatic N) is 5. The van der Waals surface area contributed by atoms with Crippen molar-refractivity contribution in [2.75, 3.05) is 24.2 Å². The van der Waals surface area contributed by atoms with Crippen LogP contribution in [-0.4, -0.2) is 55.7 Å². The average molecular weight is 439 g/mol. The Morgan fingerprint density at radius 3 is 2.84 bits per heavy atom. The number of piperidine rings is 1. The summed E-state index contributed by atoms with van der Waals surface area (Å²) >= 11 is 1.37. The Bertz CT molecular complexity index is 1310. The fourth-order valence-electron chi connectivity index (χ4n) is 4.38. The van der Waals surface area contributed by atoms with E-state index in [0.29, 0.717) is 34.2 Å². The minimum Gasteiger partial charge on any atom is -0.391 e. The molecule has 160 valence electrons. The van der Waals surface area contributed by atoms with Crippen LogP contribution >= 0.6 is 11.8 Å². The van der Waals surface area contributed by atoms with Gasteiger partial charge in [0.1, 0.15) is 17.0 Å². The summed E-state index contributed by atoms with van der Waals surface area (Å²) in [7, 11) is 0. The van der Waals surface area contributed by atoms with Crippen LogP contribution < -0.4 is 4.90 Å². The molecule has 0 spiro atoms. The number of nitrogens with one attached hydrogen (secondary N) is 1. The highest BCUT2D eigenvalue weighted by molar-refractivity contribution is 7.98. The summed E-state index contributed by atoms with van der Waals surface area (Å²) in [5, 5.41) is 19.2. The molecule has 1 aliphatic heterocycles. The molecule has 1 saturated heterocycles. The van der Waals surface area contributed by atoms with E-state index < -0.39 is 11.9 Å². The summed E-state index contributed by atoms with van der Waals surface area (Å²) in [6.07, 6.45) is 4.77. The number of rotatable bonds is 3. The summed E-state index contributed by atoms with van der Waals surface area (Å²) in [6, 6.07) is 3.87. The van der Waals surface area contributed by atoms with Gasteiger partial charge in [0.2, 0.25) is 0 Å². The van der Waals surface area contributed by atoms with E-state index in [-0.39, 0.29) is 11.2 Å². The van der Waals surface area contributed by atoms with Gasteiger partial charge in [0.05, 0.1) is 28.9 Å². The number of halogens is 1. The van der Waals surface area contributed by atoms with Crippen molar-refractivity contribution in [1.29, 1.82) is 0 Å². The highest BCUT2D eigenvalue weighted by atomic mass is 32.2. The third-order valence-electron chi connectivity index (χ3n) is 5.87. The lowest BCUT2D eigenvalue weighted by atomic mass is 9.99. The molecule has 2 N–H and O–H groups in total. The van der Waals surface area contributed by atoms with Crippen LogP contribution in [-0.2, 0) is 0 Å². The largest absolute Gasteiger partial charge is 0.391 e. The SMILES string of the molecule is CSc1nc(N2CCC[C@@H](O)C2)c2c(C)nc(-c3c(C)ccc4[nH]ncc34)c(F)c2n1. The lowest BCUT2D eigenvalue weighted by Gasteiger charge is -2.32. The number of fused-ring (bicyclic) bond motifs is 2. The number of hydrogen-bond donors (Lipinski definition) is 2. The summed E-state index contributed by atoms with van der Waals surface area (Å²) in [6.45, 7) is 5.03. The fraction of sp³-hybridized carbons (Fsp3) is 0.364. The molecule has 7 nitrogen and oxygen atoms in total. The zero-order chi connectivity index (χ0) is 21.7. The molecule has 0 saturated carbocycles. The number of aromatic nitrogens is 5. The van der Waals surface area contributed by atoms with E-state index in [0.717, 1.165) is 35.9 Å². The molecule has 0 bridgehead atoms. The van der Waals surface area contributed by atoms with Gasteiger partial charge in [0.15, 0.2) is 11.0 Å². The molecule has 5 rings (SSSR count). The fourth-order valence-corrected chi connectivity index (χ4v) is 4.74. The maximum Gasteiger partial charge on any atom is 0.189 e. The number of H-pyrrole nitrogens is 1. The molecule has 0 radical (unpaired) electrons. The number of β-amino-alcohol motifs (C(OH)–C–C–N with tert-alkyl or cyclic N) is 1. The lowest BCUT2D eigenvalue weighted by Crippen LogP contribution is -2.39. The number of pyridine rings is 1. The Balaban J connectivity index is 1.80. The molecule has 0 amide bonds. The van der Waals surface area contributed by atoms with E-state index in [2.05, 4.69) is 20.2 Å². The molecule has 1 aliphatic rings. The molecule has 1 atom stereocenters. The Morgan fingerprint density at radius 1 is 1.23 bits per heavy atom. The average Bonchev–Trinajstić information content (AvgIpc) is 3.24. The molecule has 0 unspecified atom stereocenters. The van der Waals surface area contributed by atoms with Crippen molar-refractivity contribution in [2.45, 2.75) is 37.9 Å². The number of anilines is 1. The first-order chi connectivity index (χ1) is 15.0. The molecule has 3 aromatic heterocycles. The molecular weight excluding hydrogens is 415 g/mol. The minimum atomic E-state index is -0.464. The van der Waals surface area contributed by atoms with Crippen molar-refractivity contribution in [1.82, 2.24) is 25.1 Å². The van der Waals surface area contributed by atoms with Gasteiger partial charge in [0.25, 0.3) is 0 Å².